The van der Waals surface area contributed by atoms with Gasteiger partial charge in [0.15, 0.2) is 0 Å². The van der Waals surface area contributed by atoms with Gasteiger partial charge in [-0.15, -0.1) is 11.3 Å². The van der Waals surface area contributed by atoms with Gasteiger partial charge in [-0.05, 0) is 61.7 Å². The molecule has 3 heteroatoms. The lowest BCUT2D eigenvalue weighted by atomic mass is 9.77. The third-order valence-electron chi connectivity index (χ3n) is 4.52. The molecule has 1 aromatic rings. The van der Waals surface area contributed by atoms with E-state index in [2.05, 4.69) is 28.6 Å². The van der Waals surface area contributed by atoms with E-state index in [1.165, 1.54) is 51.9 Å². The van der Waals surface area contributed by atoms with Crippen LogP contribution in [0.3, 0.4) is 0 Å². The summed E-state index contributed by atoms with van der Waals surface area (Å²) in [5.74, 6) is 0.900. The minimum Gasteiger partial charge on any atom is -0.316 e. The van der Waals surface area contributed by atoms with Crippen LogP contribution in [0.25, 0.3) is 0 Å². The first-order chi connectivity index (χ1) is 8.88. The van der Waals surface area contributed by atoms with Crippen LogP contribution in [0.1, 0.15) is 36.6 Å². The molecular weight excluding hydrogens is 240 g/mol. The second-order valence-electron chi connectivity index (χ2n) is 5.70. The Morgan fingerprint density at radius 3 is 3.17 bits per heavy atom. The Balaban J connectivity index is 1.53. The van der Waals surface area contributed by atoms with Crippen molar-refractivity contribution in [2.24, 2.45) is 5.92 Å². The Hall–Kier alpha value is -0.380. The van der Waals surface area contributed by atoms with E-state index in [4.69, 9.17) is 0 Å². The molecule has 2 heterocycles. The molecule has 0 amide bonds. The van der Waals surface area contributed by atoms with Crippen molar-refractivity contribution < 1.29 is 0 Å². The third-order valence-corrected chi connectivity index (χ3v) is 5.54. The highest BCUT2D eigenvalue weighted by atomic mass is 32.1. The highest BCUT2D eigenvalue weighted by molar-refractivity contribution is 7.10. The SMILES string of the molecule is CCCNCC1CCC1N1CCc2sccc2C1. The molecule has 1 aliphatic carbocycles. The van der Waals surface area contributed by atoms with Crippen LogP contribution >= 0.6 is 11.3 Å². The van der Waals surface area contributed by atoms with Crippen LogP contribution in [0.15, 0.2) is 11.4 Å². The van der Waals surface area contributed by atoms with Crippen molar-refractivity contribution in [1.29, 1.82) is 0 Å². The van der Waals surface area contributed by atoms with Crippen LogP contribution in [0.2, 0.25) is 0 Å². The molecule has 0 radical (unpaired) electrons. The molecule has 100 valence electrons. The first-order valence-corrected chi connectivity index (χ1v) is 8.26. The van der Waals surface area contributed by atoms with Crippen LogP contribution in [-0.2, 0) is 13.0 Å². The van der Waals surface area contributed by atoms with E-state index < -0.39 is 0 Å². The molecule has 1 aromatic heterocycles. The minimum atomic E-state index is 0.849. The molecule has 0 spiro atoms. The van der Waals surface area contributed by atoms with Gasteiger partial charge in [0, 0.05) is 24.0 Å². The standard InChI is InChI=1S/C15H24N2S/c1-2-7-16-10-12-3-4-14(12)17-8-5-15-13(11-17)6-9-18-15/h6,9,12,14,16H,2-5,7-8,10-11H2,1H3. The molecule has 0 aromatic carbocycles. The van der Waals surface area contributed by atoms with Crippen molar-refractivity contribution in [3.8, 4) is 0 Å². The zero-order chi connectivity index (χ0) is 12.4. The maximum absolute atomic E-state index is 3.60. The summed E-state index contributed by atoms with van der Waals surface area (Å²) < 4.78 is 0. The summed E-state index contributed by atoms with van der Waals surface area (Å²) >= 11 is 1.94. The number of nitrogens with zero attached hydrogens (tertiary/aromatic N) is 1. The number of hydrogen-bond acceptors (Lipinski definition) is 3. The van der Waals surface area contributed by atoms with Crippen molar-refractivity contribution in [2.45, 2.75) is 45.2 Å². The summed E-state index contributed by atoms with van der Waals surface area (Å²) in [6.07, 6.45) is 5.37. The van der Waals surface area contributed by atoms with Gasteiger partial charge in [0.05, 0.1) is 0 Å². The lowest BCUT2D eigenvalue weighted by Gasteiger charge is -2.46. The van der Waals surface area contributed by atoms with Crippen molar-refractivity contribution in [3.63, 3.8) is 0 Å². The molecule has 2 aliphatic rings. The monoisotopic (exact) mass is 264 g/mol. The predicted octanol–water partition coefficient (Wildman–Crippen LogP) is 2.88. The third kappa shape index (κ3) is 2.49. The Morgan fingerprint density at radius 1 is 1.44 bits per heavy atom. The number of thiophene rings is 1. The molecular formula is C15H24N2S. The Morgan fingerprint density at radius 2 is 2.39 bits per heavy atom. The molecule has 1 saturated carbocycles. The van der Waals surface area contributed by atoms with Gasteiger partial charge < -0.3 is 5.32 Å². The Bertz CT molecular complexity index is 388. The normalized spacial score (nSPS) is 27.8. The van der Waals surface area contributed by atoms with Crippen molar-refractivity contribution in [3.05, 3.63) is 21.9 Å². The van der Waals surface area contributed by atoms with Crippen molar-refractivity contribution >= 4 is 11.3 Å². The second-order valence-corrected chi connectivity index (χ2v) is 6.70. The quantitative estimate of drug-likeness (QED) is 0.823. The summed E-state index contributed by atoms with van der Waals surface area (Å²) in [6, 6.07) is 3.18. The minimum absolute atomic E-state index is 0.849. The summed E-state index contributed by atoms with van der Waals surface area (Å²) in [6.45, 7) is 7.13. The van der Waals surface area contributed by atoms with E-state index in [-0.39, 0.29) is 0 Å². The Kier molecular flexibility index (Phi) is 4.02. The predicted molar refractivity (Wildman–Crippen MR) is 78.1 cm³/mol. The van der Waals surface area contributed by atoms with Gasteiger partial charge in [-0.3, -0.25) is 4.90 Å². The maximum Gasteiger partial charge on any atom is 0.0247 e. The van der Waals surface area contributed by atoms with E-state index in [1.807, 2.05) is 11.3 Å². The van der Waals surface area contributed by atoms with Gasteiger partial charge in [-0.1, -0.05) is 6.92 Å². The lowest BCUT2D eigenvalue weighted by molar-refractivity contribution is 0.0518. The van der Waals surface area contributed by atoms with Crippen molar-refractivity contribution in [1.82, 2.24) is 10.2 Å². The highest BCUT2D eigenvalue weighted by Crippen LogP contribution is 2.35. The summed E-state index contributed by atoms with van der Waals surface area (Å²) in [5, 5.41) is 5.85. The number of rotatable bonds is 5. The first kappa shape index (κ1) is 12.6. The summed E-state index contributed by atoms with van der Waals surface area (Å²) in [4.78, 5) is 4.36. The number of nitrogens with one attached hydrogen (secondary N) is 1. The topological polar surface area (TPSA) is 15.3 Å². The van der Waals surface area contributed by atoms with E-state index in [0.717, 1.165) is 12.0 Å². The molecule has 0 bridgehead atoms. The fourth-order valence-electron chi connectivity index (χ4n) is 3.29. The zero-order valence-electron chi connectivity index (χ0n) is 11.3. The van der Waals surface area contributed by atoms with E-state index in [1.54, 1.807) is 10.4 Å². The van der Waals surface area contributed by atoms with Crippen molar-refractivity contribution in [2.75, 3.05) is 19.6 Å². The first-order valence-electron chi connectivity index (χ1n) is 7.38. The molecule has 1 N–H and O–H groups in total. The van der Waals surface area contributed by atoms with Crippen LogP contribution in [0.5, 0.6) is 0 Å². The zero-order valence-corrected chi connectivity index (χ0v) is 12.1. The van der Waals surface area contributed by atoms with Gasteiger partial charge in [-0.25, -0.2) is 0 Å². The van der Waals surface area contributed by atoms with Gasteiger partial charge >= 0.3 is 0 Å². The van der Waals surface area contributed by atoms with Gasteiger partial charge in [0.2, 0.25) is 0 Å². The molecule has 2 atom stereocenters. The van der Waals surface area contributed by atoms with Crippen LogP contribution in [-0.4, -0.2) is 30.6 Å². The molecule has 1 fully saturated rings. The highest BCUT2D eigenvalue weighted by Gasteiger charge is 2.36. The van der Waals surface area contributed by atoms with Crippen LogP contribution < -0.4 is 5.32 Å². The average molecular weight is 264 g/mol. The average Bonchev–Trinajstić information content (AvgIpc) is 2.80. The fourth-order valence-corrected chi connectivity index (χ4v) is 4.18. The smallest absolute Gasteiger partial charge is 0.0247 e. The van der Waals surface area contributed by atoms with Gasteiger partial charge in [0.1, 0.15) is 0 Å². The number of fused-ring (bicyclic) bond motifs is 1. The molecule has 0 saturated heterocycles. The van der Waals surface area contributed by atoms with Gasteiger partial charge in [-0.2, -0.15) is 0 Å². The fraction of sp³-hybridized carbons (Fsp3) is 0.733. The molecule has 2 unspecified atom stereocenters. The summed E-state index contributed by atoms with van der Waals surface area (Å²) in [5.41, 5.74) is 1.60. The molecule has 18 heavy (non-hydrogen) atoms. The van der Waals surface area contributed by atoms with E-state index >= 15 is 0 Å². The van der Waals surface area contributed by atoms with E-state index in [9.17, 15) is 0 Å². The van der Waals surface area contributed by atoms with Crippen LogP contribution in [0.4, 0.5) is 0 Å². The molecule has 3 rings (SSSR count). The summed E-state index contributed by atoms with van der Waals surface area (Å²) in [7, 11) is 0. The molecule has 2 nitrogen and oxygen atoms in total. The lowest BCUT2D eigenvalue weighted by Crippen LogP contribution is -2.51. The van der Waals surface area contributed by atoms with Crippen LogP contribution in [0, 0.1) is 5.92 Å². The molecule has 1 aliphatic heterocycles. The largest absolute Gasteiger partial charge is 0.316 e. The maximum atomic E-state index is 3.60. The second kappa shape index (κ2) is 5.72. The van der Waals surface area contributed by atoms with Gasteiger partial charge in [0.25, 0.3) is 0 Å². The van der Waals surface area contributed by atoms with E-state index in [0.29, 0.717) is 0 Å². The Labute approximate surface area is 114 Å². The number of hydrogen-bond donors (Lipinski definition) is 1.